The Hall–Kier alpha value is -1.57. The number of benzene rings is 1. The molecular formula is C14H20N2. The molecule has 0 unspecified atom stereocenters. The SMILES string of the molecule is CCC(=N)/C=C(/c1ccc(C)cc1)N(C)C. The van der Waals surface area contributed by atoms with Crippen LogP contribution in [0.5, 0.6) is 0 Å². The van der Waals surface area contributed by atoms with Crippen LogP contribution in [0, 0.1) is 12.3 Å². The van der Waals surface area contributed by atoms with Crippen LogP contribution in [-0.4, -0.2) is 24.7 Å². The fraction of sp³-hybridized carbons (Fsp3) is 0.357. The molecule has 0 aliphatic carbocycles. The monoisotopic (exact) mass is 216 g/mol. The molecule has 86 valence electrons. The first-order chi connectivity index (χ1) is 7.54. The van der Waals surface area contributed by atoms with Crippen LogP contribution < -0.4 is 0 Å². The van der Waals surface area contributed by atoms with Crippen molar-refractivity contribution in [1.29, 1.82) is 5.41 Å². The normalized spacial score (nSPS) is 11.4. The van der Waals surface area contributed by atoms with Crippen molar-refractivity contribution in [1.82, 2.24) is 4.90 Å². The molecule has 1 aromatic rings. The van der Waals surface area contributed by atoms with E-state index in [1.807, 2.05) is 27.1 Å². The summed E-state index contributed by atoms with van der Waals surface area (Å²) in [4.78, 5) is 2.05. The minimum atomic E-state index is 0.657. The van der Waals surface area contributed by atoms with Crippen molar-refractivity contribution in [3.8, 4) is 0 Å². The van der Waals surface area contributed by atoms with Gasteiger partial charge in [-0.2, -0.15) is 0 Å². The van der Waals surface area contributed by atoms with Gasteiger partial charge in [0.1, 0.15) is 0 Å². The lowest BCUT2D eigenvalue weighted by molar-refractivity contribution is 0.592. The van der Waals surface area contributed by atoms with Crippen LogP contribution in [0.4, 0.5) is 0 Å². The first-order valence-corrected chi connectivity index (χ1v) is 5.58. The second kappa shape index (κ2) is 5.50. The summed E-state index contributed by atoms with van der Waals surface area (Å²) in [5, 5.41) is 7.75. The summed E-state index contributed by atoms with van der Waals surface area (Å²) in [6.07, 6.45) is 2.70. The maximum Gasteiger partial charge on any atom is 0.0452 e. The summed E-state index contributed by atoms with van der Waals surface area (Å²) in [5.41, 5.74) is 4.16. The molecule has 0 heterocycles. The van der Waals surface area contributed by atoms with E-state index in [9.17, 15) is 0 Å². The number of nitrogens with one attached hydrogen (secondary N) is 1. The second-order valence-corrected chi connectivity index (χ2v) is 4.17. The molecule has 1 rings (SSSR count). The van der Waals surface area contributed by atoms with Crippen molar-refractivity contribution in [2.75, 3.05) is 14.1 Å². The zero-order valence-corrected chi connectivity index (χ0v) is 10.5. The largest absolute Gasteiger partial charge is 0.377 e. The third kappa shape index (κ3) is 3.23. The number of allylic oxidation sites excluding steroid dienone is 1. The van der Waals surface area contributed by atoms with E-state index >= 15 is 0 Å². The number of nitrogens with zero attached hydrogens (tertiary/aromatic N) is 1. The van der Waals surface area contributed by atoms with Crippen LogP contribution in [0.3, 0.4) is 0 Å². The Morgan fingerprint density at radius 2 is 1.81 bits per heavy atom. The predicted octanol–water partition coefficient (Wildman–Crippen LogP) is 3.33. The van der Waals surface area contributed by atoms with Gasteiger partial charge in [0, 0.05) is 25.5 Å². The molecule has 0 amide bonds. The Kier molecular flexibility index (Phi) is 4.29. The second-order valence-electron chi connectivity index (χ2n) is 4.17. The van der Waals surface area contributed by atoms with Crippen LogP contribution in [0.1, 0.15) is 24.5 Å². The molecule has 0 aromatic heterocycles. The van der Waals surface area contributed by atoms with Gasteiger partial charge in [0.05, 0.1) is 0 Å². The van der Waals surface area contributed by atoms with E-state index in [4.69, 9.17) is 5.41 Å². The fourth-order valence-electron chi connectivity index (χ4n) is 1.46. The van der Waals surface area contributed by atoms with E-state index in [2.05, 4.69) is 36.1 Å². The highest BCUT2D eigenvalue weighted by Gasteiger charge is 2.04. The molecule has 2 nitrogen and oxygen atoms in total. The van der Waals surface area contributed by atoms with Crippen LogP contribution in [0.15, 0.2) is 30.3 Å². The topological polar surface area (TPSA) is 27.1 Å². The standard InChI is InChI=1S/C14H20N2/c1-5-13(15)10-14(16(3)4)12-8-6-11(2)7-9-12/h6-10,15H,5H2,1-4H3/b14-10-,15-13?. The third-order valence-corrected chi connectivity index (χ3v) is 2.52. The number of hydrogen-bond donors (Lipinski definition) is 1. The fourth-order valence-corrected chi connectivity index (χ4v) is 1.46. The van der Waals surface area contributed by atoms with Gasteiger partial charge in [-0.15, -0.1) is 0 Å². The van der Waals surface area contributed by atoms with E-state index in [0.717, 1.165) is 17.7 Å². The average Bonchev–Trinajstić information content (AvgIpc) is 2.26. The van der Waals surface area contributed by atoms with E-state index in [-0.39, 0.29) is 0 Å². The number of rotatable bonds is 4. The Morgan fingerprint density at radius 3 is 2.25 bits per heavy atom. The molecule has 0 fully saturated rings. The van der Waals surface area contributed by atoms with Gasteiger partial charge in [0.2, 0.25) is 0 Å². The van der Waals surface area contributed by atoms with Crippen LogP contribution in [0.2, 0.25) is 0 Å². The highest BCUT2D eigenvalue weighted by molar-refractivity contribution is 5.98. The molecule has 2 heteroatoms. The summed E-state index contributed by atoms with van der Waals surface area (Å²) in [5.74, 6) is 0. The van der Waals surface area contributed by atoms with Crippen molar-refractivity contribution in [3.05, 3.63) is 41.5 Å². The quantitative estimate of drug-likeness (QED) is 0.768. The molecule has 1 N–H and O–H groups in total. The predicted molar refractivity (Wildman–Crippen MR) is 70.9 cm³/mol. The Morgan fingerprint density at radius 1 is 1.25 bits per heavy atom. The Balaban J connectivity index is 3.08. The zero-order valence-electron chi connectivity index (χ0n) is 10.5. The van der Waals surface area contributed by atoms with E-state index < -0.39 is 0 Å². The highest BCUT2D eigenvalue weighted by atomic mass is 15.1. The smallest absolute Gasteiger partial charge is 0.0452 e. The van der Waals surface area contributed by atoms with Gasteiger partial charge in [0.15, 0.2) is 0 Å². The first-order valence-electron chi connectivity index (χ1n) is 5.58. The maximum atomic E-state index is 7.75. The molecular weight excluding hydrogens is 196 g/mol. The summed E-state index contributed by atoms with van der Waals surface area (Å²) >= 11 is 0. The highest BCUT2D eigenvalue weighted by Crippen LogP contribution is 2.17. The molecule has 0 atom stereocenters. The van der Waals surface area contributed by atoms with Crippen molar-refractivity contribution in [3.63, 3.8) is 0 Å². The lowest BCUT2D eigenvalue weighted by atomic mass is 10.1. The first kappa shape index (κ1) is 12.5. The average molecular weight is 216 g/mol. The summed E-state index contributed by atoms with van der Waals surface area (Å²) in [7, 11) is 4.02. The molecule has 1 aromatic carbocycles. The van der Waals surface area contributed by atoms with Crippen molar-refractivity contribution in [2.24, 2.45) is 0 Å². The third-order valence-electron chi connectivity index (χ3n) is 2.52. The molecule has 0 saturated heterocycles. The van der Waals surface area contributed by atoms with Gasteiger partial charge < -0.3 is 10.3 Å². The molecule has 16 heavy (non-hydrogen) atoms. The minimum absolute atomic E-state index is 0.657. The van der Waals surface area contributed by atoms with Crippen LogP contribution in [-0.2, 0) is 0 Å². The Bertz CT molecular complexity index is 386. The van der Waals surface area contributed by atoms with E-state index in [1.54, 1.807) is 0 Å². The molecule has 0 bridgehead atoms. The molecule has 0 radical (unpaired) electrons. The van der Waals surface area contributed by atoms with Gasteiger partial charge in [-0.25, -0.2) is 0 Å². The lowest BCUT2D eigenvalue weighted by Crippen LogP contribution is -2.11. The van der Waals surface area contributed by atoms with Gasteiger partial charge in [-0.3, -0.25) is 0 Å². The Labute approximate surface area is 98.1 Å². The zero-order chi connectivity index (χ0) is 12.1. The van der Waals surface area contributed by atoms with Gasteiger partial charge >= 0.3 is 0 Å². The van der Waals surface area contributed by atoms with E-state index in [0.29, 0.717) is 5.71 Å². The van der Waals surface area contributed by atoms with Gasteiger partial charge in [0.25, 0.3) is 0 Å². The molecule has 0 aliphatic heterocycles. The van der Waals surface area contributed by atoms with E-state index in [1.165, 1.54) is 5.56 Å². The number of hydrogen-bond acceptors (Lipinski definition) is 2. The molecule has 0 aliphatic rings. The van der Waals surface area contributed by atoms with Crippen molar-refractivity contribution >= 4 is 11.4 Å². The summed E-state index contributed by atoms with van der Waals surface area (Å²) in [6, 6.07) is 8.40. The van der Waals surface area contributed by atoms with Gasteiger partial charge in [-0.05, 0) is 25.0 Å². The summed E-state index contributed by atoms with van der Waals surface area (Å²) in [6.45, 7) is 4.08. The molecule has 0 spiro atoms. The van der Waals surface area contributed by atoms with Crippen LogP contribution >= 0.6 is 0 Å². The summed E-state index contributed by atoms with van der Waals surface area (Å²) < 4.78 is 0. The minimum Gasteiger partial charge on any atom is -0.377 e. The maximum absolute atomic E-state index is 7.75. The lowest BCUT2D eigenvalue weighted by Gasteiger charge is -2.18. The van der Waals surface area contributed by atoms with Gasteiger partial charge in [-0.1, -0.05) is 36.8 Å². The van der Waals surface area contributed by atoms with Crippen LogP contribution in [0.25, 0.3) is 5.70 Å². The van der Waals surface area contributed by atoms with Crippen molar-refractivity contribution in [2.45, 2.75) is 20.3 Å². The number of aryl methyl sites for hydroxylation is 1. The molecule has 0 saturated carbocycles. The van der Waals surface area contributed by atoms with Crippen molar-refractivity contribution < 1.29 is 0 Å².